The summed E-state index contributed by atoms with van der Waals surface area (Å²) in [5, 5.41) is 17.5. The van der Waals surface area contributed by atoms with Crippen molar-refractivity contribution in [1.82, 2.24) is 0 Å². The molecule has 0 unspecified atom stereocenters. The Labute approximate surface area is 75.2 Å². The van der Waals surface area contributed by atoms with Crippen LogP contribution in [-0.2, 0) is 4.84 Å². The molecule has 1 aromatic rings. The van der Waals surface area contributed by atoms with Crippen LogP contribution in [0.15, 0.2) is 24.3 Å². The van der Waals surface area contributed by atoms with E-state index in [9.17, 15) is 4.91 Å². The normalized spacial score (nSPS) is 9.46. The van der Waals surface area contributed by atoms with Crippen LogP contribution in [0.5, 0.6) is 0 Å². The van der Waals surface area contributed by atoms with Gasteiger partial charge in [-0.25, -0.2) is 4.84 Å². The quantitative estimate of drug-likeness (QED) is 0.480. The predicted octanol–water partition coefficient (Wildman–Crippen LogP) is -0.662. The van der Waals surface area contributed by atoms with Gasteiger partial charge in [-0.15, -0.1) is 0 Å². The standard InChI is InChI=1S/C7H9BNO4/c1-13-9(12)7-4-2-6(3-5-7)8(10)11/h2-5,10-11H,1H3/q+1. The van der Waals surface area contributed by atoms with Crippen LogP contribution in [0.4, 0.5) is 5.69 Å². The molecule has 0 bridgehead atoms. The van der Waals surface area contributed by atoms with Crippen LogP contribution in [0.2, 0.25) is 0 Å². The van der Waals surface area contributed by atoms with Gasteiger partial charge >= 0.3 is 12.8 Å². The van der Waals surface area contributed by atoms with Gasteiger partial charge in [0.1, 0.15) is 0 Å². The minimum absolute atomic E-state index is 0.298. The van der Waals surface area contributed by atoms with E-state index in [4.69, 9.17) is 10.0 Å². The lowest BCUT2D eigenvalue weighted by Crippen LogP contribution is -2.29. The van der Waals surface area contributed by atoms with Crippen molar-refractivity contribution in [1.29, 1.82) is 0 Å². The highest BCUT2D eigenvalue weighted by atomic mass is 16.8. The number of benzene rings is 1. The third-order valence-electron chi connectivity index (χ3n) is 1.57. The maximum Gasteiger partial charge on any atom is 0.488 e. The first-order valence-corrected chi connectivity index (χ1v) is 3.62. The van der Waals surface area contributed by atoms with Gasteiger partial charge in [0.2, 0.25) is 0 Å². The Balaban J connectivity index is 2.87. The second-order valence-electron chi connectivity index (χ2n) is 2.40. The summed E-state index contributed by atoms with van der Waals surface area (Å²) < 4.78 is 0. The van der Waals surface area contributed by atoms with Crippen molar-refractivity contribution in [2.24, 2.45) is 0 Å². The Hall–Kier alpha value is -1.40. The molecule has 0 fully saturated rings. The fourth-order valence-electron chi connectivity index (χ4n) is 0.874. The van der Waals surface area contributed by atoms with Crippen molar-refractivity contribution in [3.05, 3.63) is 29.2 Å². The van der Waals surface area contributed by atoms with Crippen LogP contribution in [-0.4, -0.2) is 29.2 Å². The Morgan fingerprint density at radius 1 is 1.31 bits per heavy atom. The van der Waals surface area contributed by atoms with E-state index in [0.29, 0.717) is 16.1 Å². The lowest BCUT2D eigenvalue weighted by atomic mass is 9.80. The smallest absolute Gasteiger partial charge is 0.423 e. The zero-order valence-corrected chi connectivity index (χ0v) is 7.04. The van der Waals surface area contributed by atoms with E-state index in [1.165, 1.54) is 31.4 Å². The predicted molar refractivity (Wildman–Crippen MR) is 46.6 cm³/mol. The van der Waals surface area contributed by atoms with Gasteiger partial charge in [0.25, 0.3) is 4.92 Å². The molecule has 5 nitrogen and oxygen atoms in total. The second-order valence-corrected chi connectivity index (χ2v) is 2.40. The van der Waals surface area contributed by atoms with Crippen LogP contribution in [0, 0.1) is 4.91 Å². The van der Waals surface area contributed by atoms with E-state index in [1.54, 1.807) is 0 Å². The topological polar surface area (TPSA) is 69.8 Å². The van der Waals surface area contributed by atoms with Crippen molar-refractivity contribution >= 4 is 18.3 Å². The fraction of sp³-hybridized carbons (Fsp3) is 0.143. The van der Waals surface area contributed by atoms with Crippen molar-refractivity contribution in [3.63, 3.8) is 0 Å². The molecule has 0 aliphatic heterocycles. The van der Waals surface area contributed by atoms with E-state index in [0.717, 1.165) is 0 Å². The summed E-state index contributed by atoms with van der Waals surface area (Å²) in [4.78, 5) is 15.6. The maximum atomic E-state index is 10.9. The van der Waals surface area contributed by atoms with Gasteiger partial charge < -0.3 is 10.0 Å². The van der Waals surface area contributed by atoms with Crippen molar-refractivity contribution < 1.29 is 19.8 Å². The highest BCUT2D eigenvalue weighted by Gasteiger charge is 2.16. The average molecular weight is 182 g/mol. The summed E-state index contributed by atoms with van der Waals surface area (Å²) in [5.41, 5.74) is 0.625. The summed E-state index contributed by atoms with van der Waals surface area (Å²) in [6.45, 7) is 0. The van der Waals surface area contributed by atoms with Crippen LogP contribution >= 0.6 is 0 Å². The van der Waals surface area contributed by atoms with E-state index in [1.807, 2.05) is 0 Å². The highest BCUT2D eigenvalue weighted by Crippen LogP contribution is 2.07. The lowest BCUT2D eigenvalue weighted by Gasteiger charge is -1.95. The Morgan fingerprint density at radius 3 is 2.23 bits per heavy atom. The van der Waals surface area contributed by atoms with Crippen LogP contribution < -0.4 is 5.46 Å². The van der Waals surface area contributed by atoms with E-state index in [2.05, 4.69) is 4.84 Å². The van der Waals surface area contributed by atoms with E-state index < -0.39 is 7.12 Å². The van der Waals surface area contributed by atoms with Crippen LogP contribution in [0.3, 0.4) is 0 Å². The van der Waals surface area contributed by atoms with Gasteiger partial charge in [0, 0.05) is 12.1 Å². The largest absolute Gasteiger partial charge is 0.488 e. The summed E-state index contributed by atoms with van der Waals surface area (Å²) >= 11 is 0. The van der Waals surface area contributed by atoms with Crippen LogP contribution in [0.25, 0.3) is 0 Å². The first-order valence-electron chi connectivity index (χ1n) is 3.62. The number of nitrogens with zero attached hydrogens (tertiary/aromatic N) is 1. The summed E-state index contributed by atoms with van der Waals surface area (Å²) in [6.07, 6.45) is 0. The minimum Gasteiger partial charge on any atom is -0.423 e. The molecule has 2 N–H and O–H groups in total. The van der Waals surface area contributed by atoms with Gasteiger partial charge in [0.15, 0.2) is 7.11 Å². The molecule has 6 heteroatoms. The third-order valence-corrected chi connectivity index (χ3v) is 1.57. The summed E-state index contributed by atoms with van der Waals surface area (Å²) in [6, 6.07) is 5.74. The molecule has 1 rings (SSSR count). The zero-order valence-electron chi connectivity index (χ0n) is 7.04. The van der Waals surface area contributed by atoms with Crippen LogP contribution in [0.1, 0.15) is 0 Å². The SMILES string of the molecule is CO[N+](=O)c1ccc(B(O)O)cc1. The molecule has 0 saturated carbocycles. The van der Waals surface area contributed by atoms with Crippen molar-refractivity contribution in [2.45, 2.75) is 0 Å². The molecule has 0 radical (unpaired) electrons. The van der Waals surface area contributed by atoms with Gasteiger partial charge in [-0.05, 0) is 5.46 Å². The van der Waals surface area contributed by atoms with Gasteiger partial charge in [0.05, 0.1) is 4.91 Å². The molecule has 0 aliphatic rings. The third kappa shape index (κ3) is 2.27. The molecular formula is C7H9BNO4+. The number of hydrogen-bond acceptors (Lipinski definition) is 4. The molecule has 0 atom stereocenters. The van der Waals surface area contributed by atoms with Gasteiger partial charge in [-0.3, -0.25) is 0 Å². The Kier molecular flexibility index (Phi) is 3.00. The molecule has 0 aromatic heterocycles. The van der Waals surface area contributed by atoms with Crippen molar-refractivity contribution in [3.8, 4) is 0 Å². The molecule has 0 saturated heterocycles. The number of rotatable bonds is 3. The molecule has 68 valence electrons. The summed E-state index contributed by atoms with van der Waals surface area (Å²) in [5.74, 6) is 0. The lowest BCUT2D eigenvalue weighted by molar-refractivity contribution is -0.736. The molecule has 13 heavy (non-hydrogen) atoms. The Bertz CT molecular complexity index is 298. The minimum atomic E-state index is -1.52. The monoisotopic (exact) mass is 182 g/mol. The molecule has 0 heterocycles. The molecular weight excluding hydrogens is 173 g/mol. The molecule has 0 spiro atoms. The van der Waals surface area contributed by atoms with E-state index in [-0.39, 0.29) is 0 Å². The summed E-state index contributed by atoms with van der Waals surface area (Å²) in [7, 11) is -0.265. The first-order chi connectivity index (χ1) is 6.15. The highest BCUT2D eigenvalue weighted by molar-refractivity contribution is 6.58. The van der Waals surface area contributed by atoms with Crippen molar-refractivity contribution in [2.75, 3.05) is 7.11 Å². The molecule has 1 aromatic carbocycles. The second kappa shape index (κ2) is 4.02. The zero-order chi connectivity index (χ0) is 9.84. The first kappa shape index (κ1) is 9.69. The molecule has 0 amide bonds. The van der Waals surface area contributed by atoms with Gasteiger partial charge in [-0.2, -0.15) is 0 Å². The average Bonchev–Trinajstić information content (AvgIpc) is 2.17. The molecule has 0 aliphatic carbocycles. The number of hydrogen-bond donors (Lipinski definition) is 2. The Morgan fingerprint density at radius 2 is 1.85 bits per heavy atom. The van der Waals surface area contributed by atoms with E-state index >= 15 is 0 Å². The maximum absolute atomic E-state index is 10.9. The fourth-order valence-corrected chi connectivity index (χ4v) is 0.874. The van der Waals surface area contributed by atoms with Gasteiger partial charge in [-0.1, -0.05) is 12.1 Å².